The molecule has 0 saturated heterocycles. The third-order valence-electron chi connectivity index (χ3n) is 6.52. The molecule has 0 heterocycles. The Bertz CT molecular complexity index is 508. The SMILES string of the molecule is CC1CCC1SCCNCCCC(=[NH2+])CCCCC(N)=[NH+]CCSC1CCC1C.[Cl-].[Cl-]. The highest BCUT2D eigenvalue weighted by Gasteiger charge is 2.27. The Balaban J connectivity index is 0.00000450. The van der Waals surface area contributed by atoms with Gasteiger partial charge in [0.1, 0.15) is 5.71 Å². The van der Waals surface area contributed by atoms with E-state index in [4.69, 9.17) is 11.1 Å². The van der Waals surface area contributed by atoms with E-state index in [1.807, 2.05) is 0 Å². The van der Waals surface area contributed by atoms with E-state index in [0.29, 0.717) is 0 Å². The van der Waals surface area contributed by atoms with E-state index in [9.17, 15) is 0 Å². The molecule has 0 aromatic rings. The average Bonchev–Trinajstić information content (AvgIpc) is 2.70. The number of nitrogens with two attached hydrogens (primary N) is 2. The summed E-state index contributed by atoms with van der Waals surface area (Å²) in [6, 6.07) is 0. The Morgan fingerprint density at radius 2 is 1.45 bits per heavy atom. The van der Waals surface area contributed by atoms with Crippen LogP contribution < -0.4 is 46.3 Å². The van der Waals surface area contributed by atoms with Gasteiger partial charge in [-0.05, 0) is 63.3 Å². The van der Waals surface area contributed by atoms with Gasteiger partial charge in [0.2, 0.25) is 5.84 Å². The van der Waals surface area contributed by atoms with E-state index in [-0.39, 0.29) is 24.8 Å². The molecular weight excluding hydrogens is 467 g/mol. The zero-order chi connectivity index (χ0) is 20.9. The Labute approximate surface area is 212 Å². The summed E-state index contributed by atoms with van der Waals surface area (Å²) >= 11 is 4.26. The van der Waals surface area contributed by atoms with Crippen molar-refractivity contribution >= 4 is 35.1 Å². The summed E-state index contributed by atoms with van der Waals surface area (Å²) in [7, 11) is 0. The molecule has 4 atom stereocenters. The number of amidine groups is 1. The second-order valence-corrected chi connectivity index (χ2v) is 11.8. The van der Waals surface area contributed by atoms with Crippen molar-refractivity contribution in [3.8, 4) is 0 Å². The number of unbranched alkanes of at least 4 members (excludes halogenated alkanes) is 1. The lowest BCUT2D eigenvalue weighted by Gasteiger charge is -2.33. The number of halogens is 2. The molecule has 0 aromatic carbocycles. The van der Waals surface area contributed by atoms with E-state index in [2.05, 4.69) is 47.7 Å². The fourth-order valence-electron chi connectivity index (χ4n) is 3.92. The van der Waals surface area contributed by atoms with Gasteiger partial charge in [-0.25, -0.2) is 0 Å². The smallest absolute Gasteiger partial charge is 0.240 e. The first-order valence-electron chi connectivity index (χ1n) is 12.0. The molecule has 0 aromatic heterocycles. The van der Waals surface area contributed by atoms with Crippen molar-refractivity contribution in [1.82, 2.24) is 5.32 Å². The van der Waals surface area contributed by atoms with Crippen molar-refractivity contribution in [3.05, 3.63) is 0 Å². The second kappa shape index (κ2) is 18.8. The molecule has 8 heteroatoms. The van der Waals surface area contributed by atoms with Crippen LogP contribution in [-0.4, -0.2) is 53.2 Å². The van der Waals surface area contributed by atoms with E-state index in [1.165, 1.54) is 37.2 Å². The summed E-state index contributed by atoms with van der Waals surface area (Å²) in [5, 5.41) is 11.6. The summed E-state index contributed by atoms with van der Waals surface area (Å²) in [6.45, 7) is 7.97. The molecule has 4 unspecified atom stereocenters. The molecule has 184 valence electrons. The summed E-state index contributed by atoms with van der Waals surface area (Å²) in [5.74, 6) is 5.22. The van der Waals surface area contributed by atoms with Crippen molar-refractivity contribution in [2.75, 3.05) is 31.1 Å². The van der Waals surface area contributed by atoms with Crippen molar-refractivity contribution in [1.29, 1.82) is 0 Å². The topological polar surface area (TPSA) is 77.6 Å². The van der Waals surface area contributed by atoms with E-state index in [0.717, 1.165) is 92.0 Å². The first-order chi connectivity index (χ1) is 14.1. The maximum Gasteiger partial charge on any atom is 0.240 e. The van der Waals surface area contributed by atoms with Gasteiger partial charge >= 0.3 is 0 Å². The molecule has 0 spiro atoms. The lowest BCUT2D eigenvalue weighted by atomic mass is 9.87. The van der Waals surface area contributed by atoms with Crippen LogP contribution in [0.5, 0.6) is 0 Å². The second-order valence-electron chi connectivity index (χ2n) is 9.10. The number of hydrogen-bond donors (Lipinski definition) is 4. The first-order valence-corrected chi connectivity index (χ1v) is 14.0. The van der Waals surface area contributed by atoms with Crippen molar-refractivity contribution < 1.29 is 35.2 Å². The Morgan fingerprint density at radius 1 is 0.871 bits per heavy atom. The fraction of sp³-hybridized carbons (Fsp3) is 0.913. The average molecular weight is 514 g/mol. The standard InChI is InChI=1S/C23H44N4S2.2ClH/c1-18-9-11-21(18)28-16-14-26-13-5-7-20(24)6-3-4-8-23(25)27-15-17-29-22-12-10-19(22)2;;/h18-19,21-22,24,26H,3-17H2,1-2H3,(H2,25,27);2*1H. The van der Waals surface area contributed by atoms with Crippen LogP contribution in [0.3, 0.4) is 0 Å². The van der Waals surface area contributed by atoms with Crippen molar-refractivity contribution in [2.24, 2.45) is 17.6 Å². The molecule has 2 aliphatic rings. The molecule has 0 amide bonds. The molecule has 31 heavy (non-hydrogen) atoms. The minimum absolute atomic E-state index is 0. The van der Waals surface area contributed by atoms with Gasteiger partial charge in [0.15, 0.2) is 0 Å². The van der Waals surface area contributed by atoms with E-state index in [1.54, 1.807) is 0 Å². The fourth-order valence-corrected chi connectivity index (χ4v) is 6.54. The third-order valence-corrected chi connectivity index (χ3v) is 9.66. The van der Waals surface area contributed by atoms with Gasteiger partial charge in [-0.1, -0.05) is 13.8 Å². The molecule has 2 fully saturated rings. The largest absolute Gasteiger partial charge is 1.00 e. The van der Waals surface area contributed by atoms with Crippen LogP contribution in [0, 0.1) is 11.8 Å². The van der Waals surface area contributed by atoms with Crippen molar-refractivity contribution in [2.45, 2.75) is 88.6 Å². The predicted molar refractivity (Wildman–Crippen MR) is 132 cm³/mol. The van der Waals surface area contributed by atoms with E-state index >= 15 is 0 Å². The van der Waals surface area contributed by atoms with Gasteiger partial charge in [-0.2, -0.15) is 23.5 Å². The number of hydrogen-bond acceptors (Lipinski definition) is 3. The molecule has 0 bridgehead atoms. The van der Waals surface area contributed by atoms with Crippen LogP contribution in [0.4, 0.5) is 0 Å². The molecule has 2 saturated carbocycles. The van der Waals surface area contributed by atoms with Gasteiger partial charge in [0.25, 0.3) is 0 Å². The van der Waals surface area contributed by atoms with Crippen LogP contribution in [-0.2, 0) is 0 Å². The molecule has 6 N–H and O–H groups in total. The van der Waals surface area contributed by atoms with Crippen LogP contribution in [0.1, 0.15) is 78.1 Å². The highest BCUT2D eigenvalue weighted by molar-refractivity contribution is 8.00. The Kier molecular flexibility index (Phi) is 19.0. The number of nitrogens with one attached hydrogen (secondary N) is 2. The number of thioether (sulfide) groups is 2. The van der Waals surface area contributed by atoms with Crippen LogP contribution in [0.25, 0.3) is 0 Å². The summed E-state index contributed by atoms with van der Waals surface area (Å²) < 4.78 is 0. The Hall–Kier alpha value is 0.380. The summed E-state index contributed by atoms with van der Waals surface area (Å²) in [6.07, 6.45) is 12.2. The van der Waals surface area contributed by atoms with Crippen molar-refractivity contribution in [3.63, 3.8) is 0 Å². The van der Waals surface area contributed by atoms with Crippen LogP contribution >= 0.6 is 23.5 Å². The van der Waals surface area contributed by atoms with Gasteiger partial charge in [0.05, 0.1) is 6.54 Å². The van der Waals surface area contributed by atoms with Gasteiger partial charge in [-0.15, -0.1) is 0 Å². The maximum absolute atomic E-state index is 6.20. The summed E-state index contributed by atoms with van der Waals surface area (Å²) in [5.41, 5.74) is 7.26. The molecule has 4 nitrogen and oxygen atoms in total. The summed E-state index contributed by atoms with van der Waals surface area (Å²) in [4.78, 5) is 3.39. The predicted octanol–water partition coefficient (Wildman–Crippen LogP) is -4.37. The Morgan fingerprint density at radius 3 is 2.03 bits per heavy atom. The third kappa shape index (κ3) is 13.6. The normalized spacial score (nSPS) is 25.0. The molecule has 2 rings (SSSR count). The highest BCUT2D eigenvalue weighted by Crippen LogP contribution is 2.37. The van der Waals surface area contributed by atoms with Crippen LogP contribution in [0.15, 0.2) is 0 Å². The molecule has 0 aliphatic heterocycles. The van der Waals surface area contributed by atoms with Gasteiger partial charge in [-0.3, -0.25) is 16.1 Å². The number of rotatable bonds is 17. The molecule has 2 aliphatic carbocycles. The lowest BCUT2D eigenvalue weighted by Crippen LogP contribution is -3.00. The quantitative estimate of drug-likeness (QED) is 0.0901. The molecule has 0 radical (unpaired) electrons. The maximum atomic E-state index is 6.20. The van der Waals surface area contributed by atoms with Gasteiger partial charge < -0.3 is 30.1 Å². The monoisotopic (exact) mass is 512 g/mol. The lowest BCUT2D eigenvalue weighted by molar-refractivity contribution is -0.453. The molecular formula is C23H46Cl2N4S2. The zero-order valence-electron chi connectivity index (χ0n) is 19.6. The van der Waals surface area contributed by atoms with Gasteiger partial charge in [0, 0.05) is 47.8 Å². The van der Waals surface area contributed by atoms with E-state index < -0.39 is 0 Å². The highest BCUT2D eigenvalue weighted by atomic mass is 35.5. The van der Waals surface area contributed by atoms with Crippen LogP contribution in [0.2, 0.25) is 0 Å². The minimum Gasteiger partial charge on any atom is -1.00 e. The first kappa shape index (κ1) is 31.4. The zero-order valence-corrected chi connectivity index (χ0v) is 22.8. The minimum atomic E-state index is 0.